The number of carbonyl (C=O) groups excluding carboxylic acids is 2. The van der Waals surface area contributed by atoms with Gasteiger partial charge in [-0.2, -0.15) is 0 Å². The van der Waals surface area contributed by atoms with E-state index >= 15 is 0 Å². The highest BCUT2D eigenvalue weighted by Gasteiger charge is 2.28. The monoisotopic (exact) mass is 470 g/mol. The molecule has 2 N–H and O–H groups in total. The zero-order valence-corrected chi connectivity index (χ0v) is 19.4. The maximum atomic E-state index is 13.3. The highest BCUT2D eigenvalue weighted by molar-refractivity contribution is 6.35. The summed E-state index contributed by atoms with van der Waals surface area (Å²) in [5, 5.41) is 5.46. The molecule has 2 aliphatic rings. The molecule has 4 rings (SSSR count). The molecule has 2 aliphatic heterocycles. The van der Waals surface area contributed by atoms with Crippen LogP contribution in [0.3, 0.4) is 0 Å². The average molecular weight is 471 g/mol. The fraction of sp³-hybridized carbons (Fsp3) is 0.440. The fourth-order valence-electron chi connectivity index (χ4n) is 4.25. The number of anilines is 1. The van der Waals surface area contributed by atoms with Crippen LogP contribution in [-0.4, -0.2) is 62.8 Å². The van der Waals surface area contributed by atoms with Crippen molar-refractivity contribution < 1.29 is 23.5 Å². The Balaban J connectivity index is 1.43. The molecule has 0 spiro atoms. The van der Waals surface area contributed by atoms with E-state index in [0.717, 1.165) is 50.3 Å². The first-order chi connectivity index (χ1) is 16.5. The Hall–Kier alpha value is -3.33. The lowest BCUT2D eigenvalue weighted by molar-refractivity contribution is -0.139. The first kappa shape index (κ1) is 23.8. The van der Waals surface area contributed by atoms with E-state index < -0.39 is 11.8 Å². The van der Waals surface area contributed by atoms with Crippen LogP contribution in [0.5, 0.6) is 11.5 Å². The number of fused-ring (bicyclic) bond motifs is 1. The summed E-state index contributed by atoms with van der Waals surface area (Å²) >= 11 is 0. The van der Waals surface area contributed by atoms with Gasteiger partial charge in [0.25, 0.3) is 0 Å². The molecule has 0 bridgehead atoms. The smallest absolute Gasteiger partial charge is 0.309 e. The van der Waals surface area contributed by atoms with E-state index in [1.165, 1.54) is 12.1 Å². The number of hydrogen-bond donors (Lipinski definition) is 2. The number of ether oxygens (including phenoxy) is 2. The van der Waals surface area contributed by atoms with Gasteiger partial charge in [-0.25, -0.2) is 4.39 Å². The topological polar surface area (TPSA) is 83.1 Å². The number of nitrogens with zero attached hydrogens (tertiary/aromatic N) is 2. The van der Waals surface area contributed by atoms with Gasteiger partial charge in [0.15, 0.2) is 11.5 Å². The van der Waals surface area contributed by atoms with Crippen molar-refractivity contribution in [1.82, 2.24) is 15.5 Å². The molecule has 8 nitrogen and oxygen atoms in total. The molecule has 1 atom stereocenters. The number of benzene rings is 2. The molecule has 2 amide bonds. The number of piperazine rings is 1. The van der Waals surface area contributed by atoms with Crippen molar-refractivity contribution in [2.24, 2.45) is 0 Å². The third-order valence-electron chi connectivity index (χ3n) is 6.21. The molecule has 0 saturated carbocycles. The van der Waals surface area contributed by atoms with E-state index in [9.17, 15) is 14.0 Å². The van der Waals surface area contributed by atoms with Crippen LogP contribution in [0.25, 0.3) is 0 Å². The van der Waals surface area contributed by atoms with E-state index in [1.807, 2.05) is 25.1 Å². The summed E-state index contributed by atoms with van der Waals surface area (Å²) in [6, 6.07) is 12.2. The van der Waals surface area contributed by atoms with E-state index in [2.05, 4.69) is 20.4 Å². The lowest BCUT2D eigenvalue weighted by atomic mass is 10.0. The Bertz CT molecular complexity index is 993. The number of hydrogen-bond acceptors (Lipinski definition) is 6. The van der Waals surface area contributed by atoms with Crippen LogP contribution in [0, 0.1) is 5.82 Å². The minimum atomic E-state index is -0.633. The van der Waals surface area contributed by atoms with Gasteiger partial charge in [-0.05, 0) is 48.4 Å². The Morgan fingerprint density at radius 1 is 0.971 bits per heavy atom. The van der Waals surface area contributed by atoms with Crippen molar-refractivity contribution in [3.63, 3.8) is 0 Å². The average Bonchev–Trinajstić information content (AvgIpc) is 3.33. The number of rotatable bonds is 8. The van der Waals surface area contributed by atoms with E-state index in [4.69, 9.17) is 9.47 Å². The molecule has 2 aromatic rings. The summed E-state index contributed by atoms with van der Waals surface area (Å²) in [6.07, 6.45) is 1.77. The molecule has 0 aromatic heterocycles. The van der Waals surface area contributed by atoms with Gasteiger partial charge in [-0.1, -0.05) is 19.4 Å². The van der Waals surface area contributed by atoms with Crippen LogP contribution >= 0.6 is 0 Å². The van der Waals surface area contributed by atoms with Crippen molar-refractivity contribution >= 4 is 17.5 Å². The lowest BCUT2D eigenvalue weighted by Gasteiger charge is -2.40. The van der Waals surface area contributed by atoms with Crippen molar-refractivity contribution in [2.45, 2.75) is 25.8 Å². The van der Waals surface area contributed by atoms with Crippen LogP contribution in [0.4, 0.5) is 10.1 Å². The van der Waals surface area contributed by atoms with Gasteiger partial charge in [-0.3, -0.25) is 14.5 Å². The second-order valence-corrected chi connectivity index (χ2v) is 8.45. The summed E-state index contributed by atoms with van der Waals surface area (Å²) in [5.41, 5.74) is 1.96. The molecule has 34 heavy (non-hydrogen) atoms. The maximum absolute atomic E-state index is 13.3. The van der Waals surface area contributed by atoms with Crippen LogP contribution in [0.2, 0.25) is 0 Å². The molecular formula is C25H31FN4O4. The quantitative estimate of drug-likeness (QED) is 0.456. The molecule has 1 fully saturated rings. The number of unbranched alkanes of at least 4 members (excludes halogenated alkanes) is 1. The maximum Gasteiger partial charge on any atom is 0.309 e. The van der Waals surface area contributed by atoms with Gasteiger partial charge in [0.2, 0.25) is 6.79 Å². The third-order valence-corrected chi connectivity index (χ3v) is 6.21. The second-order valence-electron chi connectivity index (χ2n) is 8.45. The first-order valence-electron chi connectivity index (χ1n) is 11.8. The molecule has 1 saturated heterocycles. The summed E-state index contributed by atoms with van der Waals surface area (Å²) in [6.45, 7) is 6.00. The highest BCUT2D eigenvalue weighted by atomic mass is 19.1. The highest BCUT2D eigenvalue weighted by Crippen LogP contribution is 2.35. The van der Waals surface area contributed by atoms with Crippen LogP contribution in [0.1, 0.15) is 31.4 Å². The van der Waals surface area contributed by atoms with Crippen molar-refractivity contribution in [3.8, 4) is 11.5 Å². The molecular weight excluding hydrogens is 439 g/mol. The van der Waals surface area contributed by atoms with Crippen molar-refractivity contribution in [1.29, 1.82) is 0 Å². The zero-order valence-electron chi connectivity index (χ0n) is 19.4. The zero-order chi connectivity index (χ0) is 23.9. The fourth-order valence-corrected chi connectivity index (χ4v) is 4.25. The van der Waals surface area contributed by atoms with Gasteiger partial charge in [-0.15, -0.1) is 0 Å². The molecule has 2 aromatic carbocycles. The van der Waals surface area contributed by atoms with Gasteiger partial charge in [0.05, 0.1) is 6.04 Å². The molecule has 182 valence electrons. The summed E-state index contributed by atoms with van der Waals surface area (Å²) < 4.78 is 24.3. The number of halogens is 1. The lowest BCUT2D eigenvalue weighted by Crippen LogP contribution is -2.51. The van der Waals surface area contributed by atoms with Crippen LogP contribution in [0.15, 0.2) is 42.5 Å². The predicted molar refractivity (Wildman–Crippen MR) is 126 cm³/mol. The Morgan fingerprint density at radius 2 is 1.68 bits per heavy atom. The molecule has 9 heteroatoms. The first-order valence-corrected chi connectivity index (χ1v) is 11.8. The Kier molecular flexibility index (Phi) is 7.84. The third kappa shape index (κ3) is 5.77. The van der Waals surface area contributed by atoms with E-state index in [1.54, 1.807) is 12.1 Å². The minimum Gasteiger partial charge on any atom is -0.454 e. The summed E-state index contributed by atoms with van der Waals surface area (Å²) in [5.74, 6) is -0.121. The van der Waals surface area contributed by atoms with Crippen molar-refractivity contribution in [3.05, 3.63) is 53.8 Å². The van der Waals surface area contributed by atoms with Gasteiger partial charge in [0, 0.05) is 45.0 Å². The van der Waals surface area contributed by atoms with Crippen LogP contribution < -0.4 is 25.0 Å². The van der Waals surface area contributed by atoms with Gasteiger partial charge >= 0.3 is 11.8 Å². The van der Waals surface area contributed by atoms with Gasteiger partial charge in [0.1, 0.15) is 5.82 Å². The predicted octanol–water partition coefficient (Wildman–Crippen LogP) is 2.45. The molecule has 2 heterocycles. The standard InChI is InChI=1S/C25H31FN4O4/c1-2-3-10-27-24(31)25(32)28-16-21(18-4-9-22-23(15-18)34-17-33-22)30-13-11-29(12-14-30)20-7-5-19(26)6-8-20/h4-9,15,21H,2-3,10-14,16-17H2,1H3,(H,27,31)(H,28,32)/t21-/m0/s1. The largest absolute Gasteiger partial charge is 0.454 e. The normalized spacial score (nSPS) is 16.2. The number of carbonyl (C=O) groups is 2. The number of amides is 2. The van der Waals surface area contributed by atoms with Gasteiger partial charge < -0.3 is 25.0 Å². The van der Waals surface area contributed by atoms with E-state index in [0.29, 0.717) is 18.0 Å². The SMILES string of the molecule is CCCCNC(=O)C(=O)NC[C@@H](c1ccc2c(c1)OCO2)N1CCN(c2ccc(F)cc2)CC1. The summed E-state index contributed by atoms with van der Waals surface area (Å²) in [7, 11) is 0. The molecule has 0 unspecified atom stereocenters. The second kappa shape index (κ2) is 11.2. The Labute approximate surface area is 199 Å². The molecule has 0 aliphatic carbocycles. The summed E-state index contributed by atoms with van der Waals surface area (Å²) in [4.78, 5) is 29.0. The minimum absolute atomic E-state index is 0.141. The Morgan fingerprint density at radius 3 is 2.41 bits per heavy atom. The van der Waals surface area contributed by atoms with E-state index in [-0.39, 0.29) is 25.2 Å². The van der Waals surface area contributed by atoms with Crippen molar-refractivity contribution in [2.75, 3.05) is 51.0 Å². The molecule has 0 radical (unpaired) electrons. The van der Waals surface area contributed by atoms with Crippen LogP contribution in [-0.2, 0) is 9.59 Å². The number of nitrogens with one attached hydrogen (secondary N) is 2.